The van der Waals surface area contributed by atoms with Gasteiger partial charge in [-0.15, -0.1) is 13.2 Å². The van der Waals surface area contributed by atoms with E-state index in [1.807, 2.05) is 13.0 Å². The van der Waals surface area contributed by atoms with E-state index < -0.39 is 26.9 Å². The minimum absolute atomic E-state index is 0.0197. The van der Waals surface area contributed by atoms with Crippen LogP contribution in [0.3, 0.4) is 0 Å². The molecule has 0 radical (unpaired) electrons. The van der Waals surface area contributed by atoms with Crippen molar-refractivity contribution in [1.29, 1.82) is 5.26 Å². The molecule has 0 atom stereocenters. The normalized spacial score (nSPS) is 15.2. The van der Waals surface area contributed by atoms with Gasteiger partial charge in [-0.1, -0.05) is 6.07 Å². The van der Waals surface area contributed by atoms with Crippen LogP contribution in [0.2, 0.25) is 0 Å². The van der Waals surface area contributed by atoms with Gasteiger partial charge >= 0.3 is 6.36 Å². The highest BCUT2D eigenvalue weighted by molar-refractivity contribution is 7.95. The maximum atomic E-state index is 12.7. The van der Waals surface area contributed by atoms with Gasteiger partial charge in [0.25, 0.3) is 0 Å². The number of sulfone groups is 1. The van der Waals surface area contributed by atoms with Gasteiger partial charge in [0, 0.05) is 0 Å². The molecule has 2 N–H and O–H groups in total. The Morgan fingerprint density at radius 3 is 2.30 bits per heavy atom. The predicted molar refractivity (Wildman–Crippen MR) is 91.4 cm³/mol. The number of hydrogen-bond donors (Lipinski definition) is 2. The number of ether oxygens (including phenoxy) is 1. The molecule has 27 heavy (non-hydrogen) atoms. The molecule has 2 aromatic carbocycles. The summed E-state index contributed by atoms with van der Waals surface area (Å²) in [5, 5.41) is 15.0. The average Bonchev–Trinajstić information content (AvgIpc) is 2.96. The lowest BCUT2D eigenvalue weighted by molar-refractivity contribution is -0.274. The lowest BCUT2D eigenvalue weighted by Gasteiger charge is -2.10. The zero-order valence-corrected chi connectivity index (χ0v) is 14.6. The summed E-state index contributed by atoms with van der Waals surface area (Å²) in [5.41, 5.74) is 2.15. The summed E-state index contributed by atoms with van der Waals surface area (Å²) in [7, 11) is -4.27. The Hall–Kier alpha value is -3.19. The summed E-state index contributed by atoms with van der Waals surface area (Å²) in [4.78, 5) is -0.919. The number of halogens is 3. The van der Waals surface area contributed by atoms with Crippen LogP contribution in [0.25, 0.3) is 0 Å². The Morgan fingerprint density at radius 1 is 1.07 bits per heavy atom. The van der Waals surface area contributed by atoms with Crippen LogP contribution >= 0.6 is 0 Å². The summed E-state index contributed by atoms with van der Waals surface area (Å²) < 4.78 is 65.8. The van der Waals surface area contributed by atoms with Crippen LogP contribution < -0.4 is 15.4 Å². The average molecular weight is 395 g/mol. The first-order valence-electron chi connectivity index (χ1n) is 7.50. The number of nitrogens with zero attached hydrogens (tertiary/aromatic N) is 1. The van der Waals surface area contributed by atoms with Crippen molar-refractivity contribution in [1.82, 2.24) is 0 Å². The van der Waals surface area contributed by atoms with Crippen LogP contribution in [0.15, 0.2) is 58.1 Å². The van der Waals surface area contributed by atoms with Gasteiger partial charge in [-0.25, -0.2) is 8.42 Å². The van der Waals surface area contributed by atoms with Crippen molar-refractivity contribution >= 4 is 21.2 Å². The van der Waals surface area contributed by atoms with E-state index in [4.69, 9.17) is 0 Å². The predicted octanol–water partition coefficient (Wildman–Crippen LogP) is 3.90. The number of rotatable bonds is 3. The molecule has 0 bridgehead atoms. The minimum Gasteiger partial charge on any atom is -0.406 e. The fourth-order valence-corrected chi connectivity index (χ4v) is 3.69. The highest BCUT2D eigenvalue weighted by Crippen LogP contribution is 2.34. The molecular weight excluding hydrogens is 383 g/mol. The van der Waals surface area contributed by atoms with Gasteiger partial charge in [-0.2, -0.15) is 5.26 Å². The Labute approximate surface area is 152 Å². The summed E-state index contributed by atoms with van der Waals surface area (Å²) in [6, 6.07) is 10.6. The van der Waals surface area contributed by atoms with E-state index in [0.717, 1.165) is 29.8 Å². The van der Waals surface area contributed by atoms with E-state index in [9.17, 15) is 26.9 Å². The molecule has 0 unspecified atom stereocenters. The van der Waals surface area contributed by atoms with Crippen LogP contribution in [0.4, 0.5) is 24.5 Å². The number of fused-ring (bicyclic) bond motifs is 1. The summed E-state index contributed by atoms with van der Waals surface area (Å²) in [5.74, 6) is -0.582. The quantitative estimate of drug-likeness (QED) is 0.766. The SMILES string of the molecule is Cc1ccc2c(c1)N/C(=C(/C#N)S(=O)(=O)c1ccc(OC(F)(F)F)cc1)N2. The number of nitriles is 1. The second kappa shape index (κ2) is 6.51. The lowest BCUT2D eigenvalue weighted by atomic mass is 10.2. The molecule has 1 aliphatic heterocycles. The van der Waals surface area contributed by atoms with Crippen LogP contribution in [0, 0.1) is 18.3 Å². The third-order valence-electron chi connectivity index (χ3n) is 3.66. The van der Waals surface area contributed by atoms with E-state index >= 15 is 0 Å². The standard InChI is InChI=1S/C17H12F3N3O3S/c1-10-2-7-13-14(8-10)23-16(22-13)15(9-21)27(24,25)12-5-3-11(4-6-12)26-17(18,19)20/h2-8,22-23H,1H3/b16-15-. The number of alkyl halides is 3. The van der Waals surface area contributed by atoms with Crippen LogP contribution in [0.5, 0.6) is 5.75 Å². The molecule has 3 rings (SSSR count). The van der Waals surface area contributed by atoms with Crippen molar-refractivity contribution in [2.75, 3.05) is 10.6 Å². The van der Waals surface area contributed by atoms with Gasteiger partial charge in [0.1, 0.15) is 17.6 Å². The first-order chi connectivity index (χ1) is 12.6. The monoisotopic (exact) mass is 395 g/mol. The molecule has 0 amide bonds. The number of benzene rings is 2. The van der Waals surface area contributed by atoms with Gasteiger partial charge in [0.15, 0.2) is 4.91 Å². The molecule has 0 aliphatic carbocycles. The zero-order valence-electron chi connectivity index (χ0n) is 13.8. The first kappa shape index (κ1) is 18.6. The van der Waals surface area contributed by atoms with E-state index in [-0.39, 0.29) is 10.7 Å². The number of hydrogen-bond acceptors (Lipinski definition) is 6. The fourth-order valence-electron chi connectivity index (χ4n) is 2.47. The van der Waals surface area contributed by atoms with E-state index in [2.05, 4.69) is 15.4 Å². The van der Waals surface area contributed by atoms with Gasteiger partial charge in [-0.3, -0.25) is 0 Å². The van der Waals surface area contributed by atoms with E-state index in [1.54, 1.807) is 18.2 Å². The Balaban J connectivity index is 1.95. The van der Waals surface area contributed by atoms with Gasteiger partial charge in [-0.05, 0) is 48.9 Å². The van der Waals surface area contributed by atoms with E-state index in [1.165, 1.54) is 0 Å². The number of aryl methyl sites for hydroxylation is 1. The minimum atomic E-state index is -4.89. The molecule has 2 aromatic rings. The van der Waals surface area contributed by atoms with Crippen molar-refractivity contribution in [2.24, 2.45) is 0 Å². The van der Waals surface area contributed by atoms with Crippen molar-refractivity contribution in [2.45, 2.75) is 18.2 Å². The number of nitrogens with one attached hydrogen (secondary N) is 2. The Bertz CT molecular complexity index is 1070. The van der Waals surface area contributed by atoms with Gasteiger partial charge in [0.2, 0.25) is 9.84 Å². The highest BCUT2D eigenvalue weighted by Gasteiger charge is 2.32. The molecule has 0 aromatic heterocycles. The maximum Gasteiger partial charge on any atom is 0.573 e. The second-order valence-electron chi connectivity index (χ2n) is 5.64. The lowest BCUT2D eigenvalue weighted by Crippen LogP contribution is -2.17. The summed E-state index contributed by atoms with van der Waals surface area (Å²) in [6.07, 6.45) is -4.89. The number of allylic oxidation sites excluding steroid dienone is 1. The van der Waals surface area contributed by atoms with Crippen LogP contribution in [0.1, 0.15) is 5.56 Å². The van der Waals surface area contributed by atoms with Gasteiger partial charge < -0.3 is 15.4 Å². The molecule has 1 aliphatic rings. The smallest absolute Gasteiger partial charge is 0.406 e. The number of anilines is 2. The van der Waals surface area contributed by atoms with Crippen molar-refractivity contribution in [3.8, 4) is 11.8 Å². The highest BCUT2D eigenvalue weighted by atomic mass is 32.2. The molecule has 140 valence electrons. The molecule has 0 fully saturated rings. The third-order valence-corrected chi connectivity index (χ3v) is 5.38. The second-order valence-corrected chi connectivity index (χ2v) is 7.52. The van der Waals surface area contributed by atoms with Crippen molar-refractivity contribution < 1.29 is 26.3 Å². The molecule has 1 heterocycles. The Morgan fingerprint density at radius 2 is 1.70 bits per heavy atom. The fraction of sp³-hybridized carbons (Fsp3) is 0.118. The Kier molecular flexibility index (Phi) is 4.49. The zero-order chi connectivity index (χ0) is 19.8. The molecule has 0 spiro atoms. The molecule has 6 nitrogen and oxygen atoms in total. The molecule has 0 saturated heterocycles. The molecule has 10 heteroatoms. The van der Waals surface area contributed by atoms with Gasteiger partial charge in [0.05, 0.1) is 16.3 Å². The third kappa shape index (κ3) is 3.83. The van der Waals surface area contributed by atoms with Crippen LogP contribution in [-0.4, -0.2) is 14.8 Å². The van der Waals surface area contributed by atoms with E-state index in [0.29, 0.717) is 11.4 Å². The van der Waals surface area contributed by atoms with Crippen molar-refractivity contribution in [3.05, 3.63) is 58.8 Å². The topological polar surface area (TPSA) is 91.2 Å². The largest absolute Gasteiger partial charge is 0.573 e. The first-order valence-corrected chi connectivity index (χ1v) is 8.98. The summed E-state index contributed by atoms with van der Waals surface area (Å²) >= 11 is 0. The van der Waals surface area contributed by atoms with Crippen molar-refractivity contribution in [3.63, 3.8) is 0 Å². The summed E-state index contributed by atoms with van der Waals surface area (Å²) in [6.45, 7) is 1.86. The molecule has 0 saturated carbocycles. The maximum absolute atomic E-state index is 12.7. The van der Waals surface area contributed by atoms with Crippen LogP contribution in [-0.2, 0) is 9.84 Å². The molecular formula is C17H12F3N3O3S.